The summed E-state index contributed by atoms with van der Waals surface area (Å²) >= 11 is 0. The summed E-state index contributed by atoms with van der Waals surface area (Å²) < 4.78 is 33.1. The molecule has 0 saturated carbocycles. The minimum atomic E-state index is -3.64. The lowest BCUT2D eigenvalue weighted by molar-refractivity contribution is 0.0730. The lowest BCUT2D eigenvalue weighted by Crippen LogP contribution is -2.40. The largest absolute Gasteiger partial charge is 0.398 e. The second kappa shape index (κ2) is 7.67. The summed E-state index contributed by atoms with van der Waals surface area (Å²) in [7, 11) is -3.64. The first-order chi connectivity index (χ1) is 13.6. The Morgan fingerprint density at radius 3 is 2.50 bits per heavy atom. The van der Waals surface area contributed by atoms with Gasteiger partial charge >= 0.3 is 0 Å². The fraction of sp³-hybridized carbons (Fsp3) is 0.200. The minimum Gasteiger partial charge on any atom is -0.398 e. The van der Waals surface area contributed by atoms with E-state index in [2.05, 4.69) is 9.97 Å². The highest BCUT2D eigenvalue weighted by Gasteiger charge is 2.29. The van der Waals surface area contributed by atoms with Gasteiger partial charge < -0.3 is 10.5 Å². The van der Waals surface area contributed by atoms with Gasteiger partial charge in [0.1, 0.15) is 0 Å². The first-order valence-corrected chi connectivity index (χ1v) is 10.3. The number of nitrogens with two attached hydrogens (primary N) is 1. The van der Waals surface area contributed by atoms with Crippen LogP contribution in [0.15, 0.2) is 66.0 Å². The Morgan fingerprint density at radius 1 is 1.00 bits per heavy atom. The normalized spacial score (nSPS) is 15.4. The van der Waals surface area contributed by atoms with E-state index in [0.717, 1.165) is 5.56 Å². The van der Waals surface area contributed by atoms with Crippen molar-refractivity contribution in [3.63, 3.8) is 0 Å². The van der Waals surface area contributed by atoms with Crippen LogP contribution in [0.1, 0.15) is 0 Å². The number of ether oxygens (including phenoxy) is 1. The molecule has 0 atom stereocenters. The Hall–Kier alpha value is -2.81. The van der Waals surface area contributed by atoms with Crippen LogP contribution in [0.25, 0.3) is 22.4 Å². The third kappa shape index (κ3) is 3.49. The number of morpholine rings is 1. The molecule has 28 heavy (non-hydrogen) atoms. The molecule has 8 heteroatoms. The van der Waals surface area contributed by atoms with Crippen LogP contribution in [0.3, 0.4) is 0 Å². The zero-order valence-electron chi connectivity index (χ0n) is 15.2. The second-order valence-electron chi connectivity index (χ2n) is 6.41. The van der Waals surface area contributed by atoms with Crippen LogP contribution < -0.4 is 5.73 Å². The van der Waals surface area contributed by atoms with Crippen molar-refractivity contribution in [2.45, 2.75) is 4.90 Å². The van der Waals surface area contributed by atoms with E-state index in [9.17, 15) is 8.42 Å². The molecular formula is C20H20N4O3S. The van der Waals surface area contributed by atoms with E-state index in [1.54, 1.807) is 42.9 Å². The summed E-state index contributed by atoms with van der Waals surface area (Å²) in [4.78, 5) is 8.60. The Bertz CT molecular complexity index is 1080. The van der Waals surface area contributed by atoms with E-state index in [-0.39, 0.29) is 4.90 Å². The Labute approximate surface area is 163 Å². The molecular weight excluding hydrogens is 376 g/mol. The van der Waals surface area contributed by atoms with Gasteiger partial charge in [-0.2, -0.15) is 4.31 Å². The molecule has 2 N–H and O–H groups in total. The molecule has 4 rings (SSSR count). The summed E-state index contributed by atoms with van der Waals surface area (Å²) in [6, 6.07) is 12.4. The van der Waals surface area contributed by atoms with Gasteiger partial charge in [0.25, 0.3) is 0 Å². The number of nitrogen functional groups attached to an aromatic ring is 1. The van der Waals surface area contributed by atoms with E-state index < -0.39 is 10.0 Å². The topological polar surface area (TPSA) is 98.4 Å². The van der Waals surface area contributed by atoms with Crippen LogP contribution in [-0.2, 0) is 14.8 Å². The zero-order chi connectivity index (χ0) is 19.6. The smallest absolute Gasteiger partial charge is 0.243 e. The predicted octanol–water partition coefficient (Wildman–Crippen LogP) is 2.41. The van der Waals surface area contributed by atoms with Gasteiger partial charge in [0.15, 0.2) is 0 Å². The maximum Gasteiger partial charge on any atom is 0.243 e. The summed E-state index contributed by atoms with van der Waals surface area (Å²) in [5.41, 5.74) is 9.56. The molecule has 0 spiro atoms. The Kier molecular flexibility index (Phi) is 5.08. The van der Waals surface area contributed by atoms with Crippen molar-refractivity contribution >= 4 is 15.7 Å². The molecule has 3 aromatic rings. The fourth-order valence-corrected chi connectivity index (χ4v) is 4.87. The van der Waals surface area contributed by atoms with Crippen LogP contribution in [0.4, 0.5) is 5.69 Å². The SMILES string of the molecule is Nc1cc(-c2cnccn2)ccc1-c1ccccc1S(=O)(=O)N1CCOCC1. The van der Waals surface area contributed by atoms with Gasteiger partial charge in [-0.05, 0) is 12.1 Å². The molecule has 1 aliphatic heterocycles. The summed E-state index contributed by atoms with van der Waals surface area (Å²) in [6.07, 6.45) is 4.88. The summed E-state index contributed by atoms with van der Waals surface area (Å²) in [5, 5.41) is 0. The molecule has 1 aliphatic rings. The van der Waals surface area contributed by atoms with Crippen molar-refractivity contribution in [2.75, 3.05) is 32.0 Å². The highest BCUT2D eigenvalue weighted by molar-refractivity contribution is 7.89. The van der Waals surface area contributed by atoms with Gasteiger partial charge in [-0.1, -0.05) is 30.3 Å². The van der Waals surface area contributed by atoms with Crippen LogP contribution in [-0.4, -0.2) is 49.0 Å². The van der Waals surface area contributed by atoms with E-state index in [0.29, 0.717) is 48.8 Å². The van der Waals surface area contributed by atoms with Crippen molar-refractivity contribution in [1.29, 1.82) is 0 Å². The first kappa shape index (κ1) is 18.5. The average molecular weight is 396 g/mol. The van der Waals surface area contributed by atoms with Crippen LogP contribution >= 0.6 is 0 Å². The van der Waals surface area contributed by atoms with Crippen molar-refractivity contribution in [3.05, 3.63) is 61.1 Å². The number of nitrogens with zero attached hydrogens (tertiary/aromatic N) is 3. The van der Waals surface area contributed by atoms with Crippen molar-refractivity contribution in [1.82, 2.24) is 14.3 Å². The predicted molar refractivity (Wildman–Crippen MR) is 107 cm³/mol. The van der Waals surface area contributed by atoms with Crippen LogP contribution in [0.5, 0.6) is 0 Å². The zero-order valence-corrected chi connectivity index (χ0v) is 16.0. The van der Waals surface area contributed by atoms with E-state index >= 15 is 0 Å². The summed E-state index contributed by atoms with van der Waals surface area (Å²) in [5.74, 6) is 0. The Morgan fingerprint density at radius 2 is 1.79 bits per heavy atom. The maximum atomic E-state index is 13.2. The van der Waals surface area contributed by atoms with Crippen molar-refractivity contribution < 1.29 is 13.2 Å². The average Bonchev–Trinajstić information content (AvgIpc) is 2.75. The maximum absolute atomic E-state index is 13.2. The number of sulfonamides is 1. The van der Waals surface area contributed by atoms with E-state index in [1.807, 2.05) is 18.2 Å². The number of rotatable bonds is 4. The molecule has 144 valence electrons. The molecule has 0 aliphatic carbocycles. The molecule has 0 bridgehead atoms. The number of hydrogen-bond donors (Lipinski definition) is 1. The fourth-order valence-electron chi connectivity index (χ4n) is 3.26. The molecule has 0 radical (unpaired) electrons. The van der Waals surface area contributed by atoms with Gasteiger partial charge in [0.2, 0.25) is 10.0 Å². The quantitative estimate of drug-likeness (QED) is 0.680. The number of anilines is 1. The van der Waals surface area contributed by atoms with E-state index in [1.165, 1.54) is 4.31 Å². The standard InChI is InChI=1S/C20H20N4O3S/c21-18-13-15(19-14-22-7-8-23-19)5-6-16(18)17-3-1-2-4-20(17)28(25,26)24-9-11-27-12-10-24/h1-8,13-14H,9-12,21H2. The molecule has 0 amide bonds. The molecule has 0 unspecified atom stereocenters. The van der Waals surface area contributed by atoms with Crippen LogP contribution in [0.2, 0.25) is 0 Å². The number of hydrogen-bond acceptors (Lipinski definition) is 6. The van der Waals surface area contributed by atoms with Crippen molar-refractivity contribution in [2.24, 2.45) is 0 Å². The van der Waals surface area contributed by atoms with Gasteiger partial charge in [-0.3, -0.25) is 9.97 Å². The van der Waals surface area contributed by atoms with Gasteiger partial charge in [-0.25, -0.2) is 8.42 Å². The highest BCUT2D eigenvalue weighted by atomic mass is 32.2. The third-order valence-electron chi connectivity index (χ3n) is 4.68. The van der Waals surface area contributed by atoms with Crippen molar-refractivity contribution in [3.8, 4) is 22.4 Å². The third-order valence-corrected chi connectivity index (χ3v) is 6.63. The minimum absolute atomic E-state index is 0.246. The lowest BCUT2D eigenvalue weighted by Gasteiger charge is -2.27. The monoisotopic (exact) mass is 396 g/mol. The second-order valence-corrected chi connectivity index (χ2v) is 8.31. The Balaban J connectivity index is 1.77. The number of aromatic nitrogens is 2. The molecule has 1 aromatic heterocycles. The molecule has 7 nitrogen and oxygen atoms in total. The van der Waals surface area contributed by atoms with Gasteiger partial charge in [-0.15, -0.1) is 0 Å². The number of benzene rings is 2. The summed E-state index contributed by atoms with van der Waals surface area (Å²) in [6.45, 7) is 1.49. The first-order valence-electron chi connectivity index (χ1n) is 8.90. The molecule has 1 saturated heterocycles. The van der Waals surface area contributed by atoms with Gasteiger partial charge in [0, 0.05) is 47.9 Å². The molecule has 2 aromatic carbocycles. The van der Waals surface area contributed by atoms with Crippen LogP contribution in [0, 0.1) is 0 Å². The lowest BCUT2D eigenvalue weighted by atomic mass is 10.0. The molecule has 1 fully saturated rings. The van der Waals surface area contributed by atoms with E-state index in [4.69, 9.17) is 10.5 Å². The molecule has 2 heterocycles. The highest BCUT2D eigenvalue weighted by Crippen LogP contribution is 2.35. The van der Waals surface area contributed by atoms with Gasteiger partial charge in [0.05, 0.1) is 30.0 Å².